The Morgan fingerprint density at radius 3 is 3.18 bits per heavy atom. The first-order valence-corrected chi connectivity index (χ1v) is 3.97. The molecule has 0 unspecified atom stereocenters. The molecule has 0 amide bonds. The first-order valence-electron chi connectivity index (χ1n) is 3.97. The van der Waals surface area contributed by atoms with Crippen molar-refractivity contribution in [2.75, 3.05) is 0 Å². The molecule has 0 bridgehead atoms. The second kappa shape index (κ2) is 2.22. The van der Waals surface area contributed by atoms with Crippen LogP contribution in [0, 0.1) is 6.92 Å². The summed E-state index contributed by atoms with van der Waals surface area (Å²) in [7, 11) is 0. The van der Waals surface area contributed by atoms with E-state index in [-0.39, 0.29) is 0 Å². The van der Waals surface area contributed by atoms with E-state index in [1.807, 2.05) is 6.92 Å². The van der Waals surface area contributed by atoms with Gasteiger partial charge < -0.3 is 4.57 Å². The zero-order chi connectivity index (χ0) is 7.84. The Morgan fingerprint density at radius 2 is 2.45 bits per heavy atom. The third-order valence-electron chi connectivity index (χ3n) is 2.35. The Hall–Kier alpha value is -1.05. The van der Waals surface area contributed by atoms with Gasteiger partial charge in [0.05, 0.1) is 5.69 Å². The van der Waals surface area contributed by atoms with Crippen molar-refractivity contribution in [3.63, 3.8) is 0 Å². The maximum atomic E-state index is 10.6. The lowest BCUT2D eigenvalue weighted by atomic mass is 10.2. The van der Waals surface area contributed by atoms with Crippen LogP contribution in [-0.2, 0) is 13.0 Å². The molecule has 2 nitrogen and oxygen atoms in total. The van der Waals surface area contributed by atoms with Gasteiger partial charge in [0.15, 0.2) is 6.29 Å². The highest BCUT2D eigenvalue weighted by Crippen LogP contribution is 2.21. The number of rotatable bonds is 1. The average Bonchev–Trinajstić information content (AvgIpc) is 2.46. The number of nitrogens with zero attached hydrogens (tertiary/aromatic N) is 1. The molecule has 0 spiro atoms. The van der Waals surface area contributed by atoms with E-state index in [0.717, 1.165) is 30.5 Å². The van der Waals surface area contributed by atoms with Crippen molar-refractivity contribution in [3.8, 4) is 0 Å². The van der Waals surface area contributed by atoms with Gasteiger partial charge in [-0.3, -0.25) is 4.79 Å². The third-order valence-corrected chi connectivity index (χ3v) is 2.35. The number of aldehydes is 1. The number of aromatic nitrogens is 1. The molecule has 0 N–H and O–H groups in total. The number of aryl methyl sites for hydroxylation is 2. The molecule has 1 aliphatic rings. The Kier molecular flexibility index (Phi) is 1.34. The number of hydrogen-bond acceptors (Lipinski definition) is 1. The quantitative estimate of drug-likeness (QED) is 0.555. The molecule has 1 aromatic heterocycles. The largest absolute Gasteiger partial charge is 0.342 e. The fraction of sp³-hybridized carbons (Fsp3) is 0.444. The summed E-state index contributed by atoms with van der Waals surface area (Å²) in [5, 5.41) is 0. The Bertz CT molecular complexity index is 299. The molecule has 0 atom stereocenters. The van der Waals surface area contributed by atoms with Crippen LogP contribution in [0.4, 0.5) is 0 Å². The molecule has 58 valence electrons. The smallest absolute Gasteiger partial charge is 0.166 e. The molecule has 2 rings (SSSR count). The zero-order valence-corrected chi connectivity index (χ0v) is 6.63. The summed E-state index contributed by atoms with van der Waals surface area (Å²) in [6, 6.07) is 2.12. The monoisotopic (exact) mass is 149 g/mol. The van der Waals surface area contributed by atoms with Crippen molar-refractivity contribution in [2.24, 2.45) is 0 Å². The molecule has 2 heterocycles. The van der Waals surface area contributed by atoms with Crippen molar-refractivity contribution in [2.45, 2.75) is 26.3 Å². The SMILES string of the molecule is Cc1cc2n(c1C=O)CCC2. The lowest BCUT2D eigenvalue weighted by molar-refractivity contribution is 0.111. The van der Waals surface area contributed by atoms with Crippen LogP contribution in [0.15, 0.2) is 6.07 Å². The lowest BCUT2D eigenvalue weighted by Gasteiger charge is -1.98. The van der Waals surface area contributed by atoms with Gasteiger partial charge >= 0.3 is 0 Å². The van der Waals surface area contributed by atoms with Gasteiger partial charge in [-0.25, -0.2) is 0 Å². The molecule has 1 aromatic rings. The van der Waals surface area contributed by atoms with Gasteiger partial charge in [0.2, 0.25) is 0 Å². The van der Waals surface area contributed by atoms with Gasteiger partial charge in [0, 0.05) is 12.2 Å². The van der Waals surface area contributed by atoms with E-state index in [2.05, 4.69) is 10.6 Å². The van der Waals surface area contributed by atoms with Crippen LogP contribution in [0.2, 0.25) is 0 Å². The first kappa shape index (κ1) is 6.65. The molecule has 0 aliphatic carbocycles. The number of fused-ring (bicyclic) bond motifs is 1. The van der Waals surface area contributed by atoms with E-state index >= 15 is 0 Å². The van der Waals surface area contributed by atoms with Gasteiger partial charge in [-0.15, -0.1) is 0 Å². The van der Waals surface area contributed by atoms with E-state index in [9.17, 15) is 4.79 Å². The predicted molar refractivity (Wildman–Crippen MR) is 42.9 cm³/mol. The molecule has 11 heavy (non-hydrogen) atoms. The van der Waals surface area contributed by atoms with Gasteiger partial charge in [-0.1, -0.05) is 0 Å². The molecule has 2 heteroatoms. The van der Waals surface area contributed by atoms with Crippen molar-refractivity contribution < 1.29 is 4.79 Å². The second-order valence-corrected chi connectivity index (χ2v) is 3.08. The van der Waals surface area contributed by atoms with Crippen molar-refractivity contribution >= 4 is 6.29 Å². The average molecular weight is 149 g/mol. The maximum Gasteiger partial charge on any atom is 0.166 e. The Labute approximate surface area is 65.8 Å². The summed E-state index contributed by atoms with van der Waals surface area (Å²) < 4.78 is 2.13. The normalized spacial score (nSPS) is 15.0. The third kappa shape index (κ3) is 0.821. The van der Waals surface area contributed by atoms with E-state index < -0.39 is 0 Å². The fourth-order valence-electron chi connectivity index (χ4n) is 1.82. The van der Waals surface area contributed by atoms with Crippen LogP contribution in [-0.4, -0.2) is 10.9 Å². The summed E-state index contributed by atoms with van der Waals surface area (Å²) in [6.45, 7) is 3.02. The summed E-state index contributed by atoms with van der Waals surface area (Å²) in [5.74, 6) is 0. The minimum atomic E-state index is 0.873. The van der Waals surface area contributed by atoms with Crippen LogP contribution >= 0.6 is 0 Å². The van der Waals surface area contributed by atoms with E-state index in [0.29, 0.717) is 0 Å². The van der Waals surface area contributed by atoms with Gasteiger partial charge in [0.25, 0.3) is 0 Å². The number of carbonyl (C=O) groups excluding carboxylic acids is 1. The van der Waals surface area contributed by atoms with Crippen molar-refractivity contribution in [1.29, 1.82) is 0 Å². The minimum absolute atomic E-state index is 0.873. The Morgan fingerprint density at radius 1 is 1.64 bits per heavy atom. The van der Waals surface area contributed by atoms with Crippen molar-refractivity contribution in [3.05, 3.63) is 23.0 Å². The van der Waals surface area contributed by atoms with E-state index in [1.165, 1.54) is 12.1 Å². The van der Waals surface area contributed by atoms with Crippen LogP contribution in [0.3, 0.4) is 0 Å². The van der Waals surface area contributed by atoms with Gasteiger partial charge in [-0.05, 0) is 31.4 Å². The molecule has 0 saturated carbocycles. The highest BCUT2D eigenvalue weighted by molar-refractivity contribution is 5.75. The summed E-state index contributed by atoms with van der Waals surface area (Å²) >= 11 is 0. The standard InChI is InChI=1S/C9H11NO/c1-7-5-8-3-2-4-10(8)9(7)6-11/h5-6H,2-4H2,1H3. The van der Waals surface area contributed by atoms with Gasteiger partial charge in [0.1, 0.15) is 0 Å². The summed E-state index contributed by atoms with van der Waals surface area (Å²) in [5.41, 5.74) is 3.32. The topological polar surface area (TPSA) is 22.0 Å². The molecule has 1 aliphatic heterocycles. The minimum Gasteiger partial charge on any atom is -0.342 e. The van der Waals surface area contributed by atoms with Crippen LogP contribution in [0.5, 0.6) is 0 Å². The first-order chi connectivity index (χ1) is 5.33. The lowest BCUT2D eigenvalue weighted by Crippen LogP contribution is -1.98. The number of hydrogen-bond donors (Lipinski definition) is 0. The van der Waals surface area contributed by atoms with E-state index in [1.54, 1.807) is 0 Å². The Balaban J connectivity index is 2.60. The fourth-order valence-corrected chi connectivity index (χ4v) is 1.82. The molecule has 0 aromatic carbocycles. The molecule has 0 fully saturated rings. The highest BCUT2D eigenvalue weighted by atomic mass is 16.1. The predicted octanol–water partition coefficient (Wildman–Crippen LogP) is 1.56. The molecular formula is C9H11NO. The summed E-state index contributed by atoms with van der Waals surface area (Å²) in [4.78, 5) is 10.6. The number of carbonyl (C=O) groups is 1. The molecule has 0 saturated heterocycles. The molecular weight excluding hydrogens is 138 g/mol. The van der Waals surface area contributed by atoms with Gasteiger partial charge in [-0.2, -0.15) is 0 Å². The van der Waals surface area contributed by atoms with Crippen LogP contribution in [0.1, 0.15) is 28.2 Å². The second-order valence-electron chi connectivity index (χ2n) is 3.08. The van der Waals surface area contributed by atoms with Crippen LogP contribution in [0.25, 0.3) is 0 Å². The summed E-state index contributed by atoms with van der Waals surface area (Å²) in [6.07, 6.45) is 3.29. The van der Waals surface area contributed by atoms with Crippen LogP contribution < -0.4 is 0 Å². The molecule has 0 radical (unpaired) electrons. The zero-order valence-electron chi connectivity index (χ0n) is 6.63. The maximum absolute atomic E-state index is 10.6. The van der Waals surface area contributed by atoms with E-state index in [4.69, 9.17) is 0 Å². The highest BCUT2D eigenvalue weighted by Gasteiger charge is 2.15. The van der Waals surface area contributed by atoms with Crippen molar-refractivity contribution in [1.82, 2.24) is 4.57 Å².